The maximum Gasteiger partial charge on any atom is 0.222 e. The van der Waals surface area contributed by atoms with Crippen LogP contribution in [-0.4, -0.2) is 36.8 Å². The monoisotopic (exact) mass is 211 g/mol. The van der Waals surface area contributed by atoms with Gasteiger partial charge >= 0.3 is 0 Å². The van der Waals surface area contributed by atoms with Gasteiger partial charge in [-0.2, -0.15) is 0 Å². The molecule has 4 heteroatoms. The molecule has 0 aromatic rings. The molecule has 4 nitrogen and oxygen atoms in total. The van der Waals surface area contributed by atoms with Crippen LogP contribution in [0.3, 0.4) is 0 Å². The highest BCUT2D eigenvalue weighted by atomic mass is 16.2. The van der Waals surface area contributed by atoms with Crippen LogP contribution in [-0.2, 0) is 4.79 Å². The second-order valence-corrected chi connectivity index (χ2v) is 4.11. The first-order valence-electron chi connectivity index (χ1n) is 5.75. The van der Waals surface area contributed by atoms with E-state index in [4.69, 9.17) is 5.73 Å². The second kappa shape index (κ2) is 6.43. The van der Waals surface area contributed by atoms with Gasteiger partial charge in [-0.05, 0) is 25.2 Å². The van der Waals surface area contributed by atoms with Crippen LogP contribution in [0.4, 0.5) is 0 Å². The van der Waals surface area contributed by atoms with Crippen LogP contribution in [0.25, 0.3) is 0 Å². The van der Waals surface area contributed by atoms with Crippen molar-refractivity contribution in [2.75, 3.05) is 19.6 Å². The third kappa shape index (κ3) is 3.90. The molecule has 0 bridgehead atoms. The van der Waals surface area contributed by atoms with E-state index >= 15 is 0 Å². The van der Waals surface area contributed by atoms with Crippen molar-refractivity contribution in [1.82, 2.24) is 4.90 Å². The van der Waals surface area contributed by atoms with Gasteiger partial charge in [0.05, 0.1) is 6.34 Å². The topological polar surface area (TPSA) is 58.7 Å². The van der Waals surface area contributed by atoms with E-state index in [2.05, 4.69) is 4.99 Å². The van der Waals surface area contributed by atoms with Gasteiger partial charge in [-0.25, -0.2) is 0 Å². The van der Waals surface area contributed by atoms with E-state index in [1.165, 1.54) is 6.34 Å². The number of aliphatic imine (C=N–C) groups is 1. The zero-order valence-electron chi connectivity index (χ0n) is 9.48. The number of carbonyl (C=O) groups excluding carboxylic acids is 1. The number of likely N-dealkylation sites (tertiary alicyclic amines) is 1. The highest BCUT2D eigenvalue weighted by molar-refractivity contribution is 5.76. The molecule has 2 N–H and O–H groups in total. The van der Waals surface area contributed by atoms with E-state index in [1.54, 1.807) is 0 Å². The van der Waals surface area contributed by atoms with Crippen molar-refractivity contribution in [3.05, 3.63) is 0 Å². The maximum absolute atomic E-state index is 11.7. The van der Waals surface area contributed by atoms with Gasteiger partial charge in [0, 0.05) is 26.1 Å². The Hall–Kier alpha value is -1.06. The van der Waals surface area contributed by atoms with Crippen molar-refractivity contribution in [2.45, 2.75) is 32.6 Å². The van der Waals surface area contributed by atoms with Gasteiger partial charge < -0.3 is 10.6 Å². The number of rotatable bonds is 4. The summed E-state index contributed by atoms with van der Waals surface area (Å²) in [6.45, 7) is 4.57. The molecule has 15 heavy (non-hydrogen) atoms. The average molecular weight is 211 g/mol. The Morgan fingerprint density at radius 2 is 2.47 bits per heavy atom. The van der Waals surface area contributed by atoms with Crippen molar-refractivity contribution in [3.8, 4) is 0 Å². The lowest BCUT2D eigenvalue weighted by Gasteiger charge is -2.32. The quantitative estimate of drug-likeness (QED) is 0.557. The minimum absolute atomic E-state index is 0.291. The zero-order valence-corrected chi connectivity index (χ0v) is 9.48. The Morgan fingerprint density at radius 3 is 3.13 bits per heavy atom. The molecule has 1 unspecified atom stereocenters. The van der Waals surface area contributed by atoms with Gasteiger partial charge in [0.25, 0.3) is 0 Å². The molecule has 1 amide bonds. The SMILES string of the molecule is CCCC(=O)N1CCCC(CN=CN)C1. The summed E-state index contributed by atoms with van der Waals surface area (Å²) in [5.74, 6) is 0.790. The molecule has 0 aromatic carbocycles. The predicted octanol–water partition coefficient (Wildman–Crippen LogP) is 1.01. The van der Waals surface area contributed by atoms with Gasteiger partial charge in [-0.1, -0.05) is 6.92 Å². The molecule has 1 aliphatic rings. The summed E-state index contributed by atoms with van der Waals surface area (Å²) in [7, 11) is 0. The fourth-order valence-electron chi connectivity index (χ4n) is 2.02. The highest BCUT2D eigenvalue weighted by Crippen LogP contribution is 2.17. The molecule has 0 aliphatic carbocycles. The summed E-state index contributed by atoms with van der Waals surface area (Å²) < 4.78 is 0. The lowest BCUT2D eigenvalue weighted by atomic mass is 9.98. The van der Waals surface area contributed by atoms with E-state index in [9.17, 15) is 4.79 Å². The van der Waals surface area contributed by atoms with Gasteiger partial charge in [0.15, 0.2) is 0 Å². The molecule has 1 saturated heterocycles. The Kier molecular flexibility index (Phi) is 5.15. The first-order chi connectivity index (χ1) is 7.27. The van der Waals surface area contributed by atoms with Gasteiger partial charge in [0.1, 0.15) is 0 Å². The Bertz CT molecular complexity index is 228. The molecular weight excluding hydrogens is 190 g/mol. The maximum atomic E-state index is 11.7. The summed E-state index contributed by atoms with van der Waals surface area (Å²) in [4.78, 5) is 17.7. The average Bonchev–Trinajstić information content (AvgIpc) is 2.27. The van der Waals surface area contributed by atoms with Crippen LogP contribution in [0.5, 0.6) is 0 Å². The molecule has 86 valence electrons. The summed E-state index contributed by atoms with van der Waals surface area (Å²) in [5.41, 5.74) is 5.22. The van der Waals surface area contributed by atoms with Crippen molar-refractivity contribution >= 4 is 12.2 Å². The molecule has 1 aliphatic heterocycles. The first kappa shape index (κ1) is 12.0. The summed E-state index contributed by atoms with van der Waals surface area (Å²) >= 11 is 0. The van der Waals surface area contributed by atoms with E-state index in [1.807, 2.05) is 11.8 Å². The standard InChI is InChI=1S/C11H21N3O/c1-2-4-11(15)14-6-3-5-10(8-14)7-13-9-12/h9-10H,2-8H2,1H3,(H2,12,13). The van der Waals surface area contributed by atoms with Crippen LogP contribution in [0, 0.1) is 5.92 Å². The predicted molar refractivity (Wildman–Crippen MR) is 61.8 cm³/mol. The molecule has 1 rings (SSSR count). The van der Waals surface area contributed by atoms with E-state index in [0.717, 1.165) is 38.9 Å². The Labute approximate surface area is 91.5 Å². The van der Waals surface area contributed by atoms with Gasteiger partial charge in [-0.15, -0.1) is 0 Å². The number of hydrogen-bond donors (Lipinski definition) is 1. The summed E-state index contributed by atoms with van der Waals surface area (Å²) in [6, 6.07) is 0. The molecule has 0 spiro atoms. The lowest BCUT2D eigenvalue weighted by molar-refractivity contribution is -0.132. The molecule has 0 radical (unpaired) electrons. The van der Waals surface area contributed by atoms with Crippen molar-refractivity contribution in [2.24, 2.45) is 16.6 Å². The zero-order chi connectivity index (χ0) is 11.1. The Morgan fingerprint density at radius 1 is 1.67 bits per heavy atom. The van der Waals surface area contributed by atoms with Gasteiger partial charge in [-0.3, -0.25) is 9.79 Å². The minimum Gasteiger partial charge on any atom is -0.390 e. The highest BCUT2D eigenvalue weighted by Gasteiger charge is 2.22. The van der Waals surface area contributed by atoms with Gasteiger partial charge in [0.2, 0.25) is 5.91 Å². The van der Waals surface area contributed by atoms with E-state index in [-0.39, 0.29) is 0 Å². The lowest BCUT2D eigenvalue weighted by Crippen LogP contribution is -2.40. The van der Waals surface area contributed by atoms with Crippen LogP contribution < -0.4 is 5.73 Å². The molecule has 1 atom stereocenters. The smallest absolute Gasteiger partial charge is 0.222 e. The fourth-order valence-corrected chi connectivity index (χ4v) is 2.02. The van der Waals surface area contributed by atoms with Crippen molar-refractivity contribution in [3.63, 3.8) is 0 Å². The largest absolute Gasteiger partial charge is 0.390 e. The molecule has 0 aromatic heterocycles. The molecular formula is C11H21N3O. The number of hydrogen-bond acceptors (Lipinski definition) is 2. The molecule has 0 saturated carbocycles. The molecule has 1 heterocycles. The van der Waals surface area contributed by atoms with Crippen molar-refractivity contribution < 1.29 is 4.79 Å². The third-order valence-corrected chi connectivity index (χ3v) is 2.80. The number of nitrogens with two attached hydrogens (primary N) is 1. The van der Waals surface area contributed by atoms with Crippen LogP contribution in [0.2, 0.25) is 0 Å². The molecule has 1 fully saturated rings. The van der Waals surface area contributed by atoms with E-state index < -0.39 is 0 Å². The van der Waals surface area contributed by atoms with Crippen LogP contribution in [0.15, 0.2) is 4.99 Å². The number of carbonyl (C=O) groups is 1. The van der Waals surface area contributed by atoms with Crippen LogP contribution in [0.1, 0.15) is 32.6 Å². The normalized spacial score (nSPS) is 22.2. The van der Waals surface area contributed by atoms with Crippen molar-refractivity contribution in [1.29, 1.82) is 0 Å². The third-order valence-electron chi connectivity index (χ3n) is 2.80. The Balaban J connectivity index is 2.37. The second-order valence-electron chi connectivity index (χ2n) is 4.11. The number of nitrogens with zero attached hydrogens (tertiary/aromatic N) is 2. The summed E-state index contributed by atoms with van der Waals surface area (Å²) in [5, 5.41) is 0. The summed E-state index contributed by atoms with van der Waals surface area (Å²) in [6.07, 6.45) is 5.22. The fraction of sp³-hybridized carbons (Fsp3) is 0.818. The van der Waals surface area contributed by atoms with E-state index in [0.29, 0.717) is 18.2 Å². The number of piperidine rings is 1. The first-order valence-corrected chi connectivity index (χ1v) is 5.75. The minimum atomic E-state index is 0.291. The number of amides is 1. The van der Waals surface area contributed by atoms with Crippen LogP contribution >= 0.6 is 0 Å².